The smallest absolute Gasteiger partial charge is 0.599 e. The molecule has 0 aliphatic heterocycles. The Morgan fingerprint density at radius 3 is 1.33 bits per heavy atom. The number of furan rings is 2. The normalized spacial score (nSPS) is 6.67. The van der Waals surface area contributed by atoms with Gasteiger partial charge in [0.1, 0.15) is 0 Å². The Kier molecular flexibility index (Phi) is 12.9. The van der Waals surface area contributed by atoms with Crippen molar-refractivity contribution >= 4 is 40.0 Å². The molecule has 4 heteroatoms. The molecule has 0 saturated heterocycles. The molecule has 0 atom stereocenters. The molecule has 0 amide bonds. The third-order valence-corrected chi connectivity index (χ3v) is 0.758. The van der Waals surface area contributed by atoms with Crippen LogP contribution in [0.5, 0.6) is 0 Å². The Hall–Kier alpha value is -0.194. The van der Waals surface area contributed by atoms with E-state index in [1.807, 2.05) is 0 Å². The Balaban J connectivity index is 0. The Morgan fingerprint density at radius 2 is 1.25 bits per heavy atom. The van der Waals surface area contributed by atoms with E-state index in [0.29, 0.717) is 0 Å². The van der Waals surface area contributed by atoms with Crippen LogP contribution >= 0.6 is 17.0 Å². The zero-order chi connectivity index (χ0) is 7.07. The minimum Gasteiger partial charge on any atom is -0.599 e. The molecule has 0 bridgehead atoms. The molecule has 2 heterocycles. The quantitative estimate of drug-likeness (QED) is 0.521. The minimum atomic E-state index is 0. The van der Waals surface area contributed by atoms with Gasteiger partial charge < -0.3 is 8.83 Å². The summed E-state index contributed by atoms with van der Waals surface area (Å²) in [6, 6.07) is 6.97. The molecule has 0 radical (unpaired) electrons. The van der Waals surface area contributed by atoms with Crippen molar-refractivity contribution in [1.29, 1.82) is 0 Å². The summed E-state index contributed by atoms with van der Waals surface area (Å²) in [4.78, 5) is 0. The zero-order valence-corrected chi connectivity index (χ0v) is 9.52. The van der Waals surface area contributed by atoms with Gasteiger partial charge in [-0.15, -0.1) is 29.1 Å². The summed E-state index contributed by atoms with van der Waals surface area (Å²) in [5.41, 5.74) is 0. The van der Waals surface area contributed by atoms with Crippen LogP contribution in [-0.4, -0.2) is 23.1 Å². The molecule has 0 fully saturated rings. The van der Waals surface area contributed by atoms with Crippen LogP contribution in [0.4, 0.5) is 0 Å². The molecule has 0 saturated carbocycles. The van der Waals surface area contributed by atoms with Gasteiger partial charge in [-0.2, -0.15) is 12.1 Å². The monoisotopic (exact) mass is 238 g/mol. The van der Waals surface area contributed by atoms with Gasteiger partial charge >= 0.3 is 23.1 Å². The van der Waals surface area contributed by atoms with Gasteiger partial charge in [-0.3, -0.25) is 0 Å². The average Bonchev–Trinajstić information content (AvgIpc) is 2.67. The van der Waals surface area contributed by atoms with E-state index in [1.165, 1.54) is 0 Å². The topological polar surface area (TPSA) is 26.3 Å². The van der Waals surface area contributed by atoms with Crippen LogP contribution in [0.15, 0.2) is 45.6 Å². The summed E-state index contributed by atoms with van der Waals surface area (Å²) in [6.45, 7) is 0. The van der Waals surface area contributed by atoms with E-state index in [1.54, 1.807) is 36.8 Å². The van der Waals surface area contributed by atoms with Crippen molar-refractivity contribution in [3.63, 3.8) is 0 Å². The number of rotatable bonds is 0. The molecular weight excluding hydrogens is 232 g/mol. The van der Waals surface area contributed by atoms with Crippen molar-refractivity contribution in [2.75, 3.05) is 0 Å². The van der Waals surface area contributed by atoms with E-state index >= 15 is 0 Å². The van der Waals surface area contributed by atoms with Gasteiger partial charge in [0.15, 0.2) is 0 Å². The maximum absolute atomic E-state index is 4.46. The summed E-state index contributed by atoms with van der Waals surface area (Å²) < 4.78 is 8.92. The molecule has 12 heavy (non-hydrogen) atoms. The van der Waals surface area contributed by atoms with Gasteiger partial charge in [-0.25, -0.2) is 0 Å². The van der Waals surface area contributed by atoms with E-state index in [-0.39, 0.29) is 40.0 Å². The summed E-state index contributed by atoms with van der Waals surface area (Å²) in [6.07, 6.45) is 8.11. The Morgan fingerprint density at radius 1 is 0.833 bits per heavy atom. The largest absolute Gasteiger partial charge is 2.00 e. The third-order valence-electron chi connectivity index (χ3n) is 0.758. The van der Waals surface area contributed by atoms with Crippen molar-refractivity contribution in [3.05, 3.63) is 49.3 Å². The van der Waals surface area contributed by atoms with Crippen molar-refractivity contribution < 1.29 is 8.83 Å². The zero-order valence-electron chi connectivity index (χ0n) is 6.40. The molecular formula is C8H7BrMgO2. The van der Waals surface area contributed by atoms with Crippen molar-refractivity contribution in [2.24, 2.45) is 0 Å². The minimum absolute atomic E-state index is 0. The number of halogens is 1. The van der Waals surface area contributed by atoms with E-state index in [9.17, 15) is 0 Å². The Labute approximate surface area is 97.9 Å². The van der Waals surface area contributed by atoms with Gasteiger partial charge in [0.05, 0.1) is 0 Å². The number of hydrogen-bond donors (Lipinski definition) is 0. The van der Waals surface area contributed by atoms with Gasteiger partial charge in [0, 0.05) is 0 Å². The fourth-order valence-corrected chi connectivity index (χ4v) is 0.393. The fourth-order valence-electron chi connectivity index (χ4n) is 0.393. The second-order valence-electron chi connectivity index (χ2n) is 1.46. The molecule has 0 spiro atoms. The van der Waals surface area contributed by atoms with Crippen LogP contribution in [0, 0.1) is 12.5 Å². The van der Waals surface area contributed by atoms with E-state index in [2.05, 4.69) is 21.4 Å². The molecule has 0 aliphatic rings. The van der Waals surface area contributed by atoms with Gasteiger partial charge in [0.25, 0.3) is 0 Å². The first-order valence-electron chi connectivity index (χ1n) is 2.79. The van der Waals surface area contributed by atoms with Gasteiger partial charge in [0.2, 0.25) is 0 Å². The van der Waals surface area contributed by atoms with Crippen LogP contribution in [-0.2, 0) is 0 Å². The van der Waals surface area contributed by atoms with Crippen LogP contribution < -0.4 is 0 Å². The molecule has 2 aromatic heterocycles. The van der Waals surface area contributed by atoms with E-state index in [0.717, 1.165) is 0 Å². The second kappa shape index (κ2) is 10.8. The molecule has 2 aromatic rings. The summed E-state index contributed by atoms with van der Waals surface area (Å²) in [5.74, 6) is 0. The van der Waals surface area contributed by atoms with Crippen molar-refractivity contribution in [3.8, 4) is 0 Å². The second-order valence-corrected chi connectivity index (χ2v) is 1.46. The summed E-state index contributed by atoms with van der Waals surface area (Å²) in [5, 5.41) is 0. The maximum Gasteiger partial charge on any atom is 2.00 e. The molecule has 0 N–H and O–H groups in total. The number of hydrogen-bond acceptors (Lipinski definition) is 2. The molecule has 0 unspecified atom stereocenters. The van der Waals surface area contributed by atoms with Crippen molar-refractivity contribution in [1.82, 2.24) is 0 Å². The molecule has 0 aromatic carbocycles. The first-order chi connectivity index (χ1) is 5.00. The summed E-state index contributed by atoms with van der Waals surface area (Å²) in [7, 11) is 0. The fraction of sp³-hybridized carbons (Fsp3) is 0. The molecule has 2 rings (SSSR count). The van der Waals surface area contributed by atoms with Gasteiger partial charge in [-0.05, 0) is 12.5 Å². The molecule has 60 valence electrons. The van der Waals surface area contributed by atoms with Crippen LogP contribution in [0.3, 0.4) is 0 Å². The van der Waals surface area contributed by atoms with E-state index in [4.69, 9.17) is 0 Å². The predicted octanol–water partition coefficient (Wildman–Crippen LogP) is 2.36. The van der Waals surface area contributed by atoms with E-state index < -0.39 is 0 Å². The maximum atomic E-state index is 4.46. The first-order valence-corrected chi connectivity index (χ1v) is 2.79. The molecule has 2 nitrogen and oxygen atoms in total. The van der Waals surface area contributed by atoms with Gasteiger partial charge in [-0.1, -0.05) is 12.5 Å². The van der Waals surface area contributed by atoms with Crippen LogP contribution in [0.2, 0.25) is 0 Å². The predicted molar refractivity (Wildman–Crippen MR) is 51.2 cm³/mol. The molecule has 0 aliphatic carbocycles. The average molecular weight is 239 g/mol. The summed E-state index contributed by atoms with van der Waals surface area (Å²) >= 11 is 0. The van der Waals surface area contributed by atoms with Crippen LogP contribution in [0.1, 0.15) is 0 Å². The standard InChI is InChI=1S/2C4H3O.BrH.Mg/c2*1-2-4-5-3-1;;/h2*1-3H;1H;/q2*-1;;+2. The third kappa shape index (κ3) is 7.91. The van der Waals surface area contributed by atoms with Crippen LogP contribution in [0.25, 0.3) is 0 Å². The SMILES string of the molecule is Br.[Mg+2].[c-]1ccco1.[c-]1ccco1. The first kappa shape index (κ1) is 14.3. The Bertz CT molecular complexity index is 156. The van der Waals surface area contributed by atoms with Crippen molar-refractivity contribution in [2.45, 2.75) is 0 Å².